The lowest BCUT2D eigenvalue weighted by Crippen LogP contribution is -2.11. The molecule has 0 aromatic carbocycles. The van der Waals surface area contributed by atoms with Crippen LogP contribution in [0.3, 0.4) is 0 Å². The Bertz CT molecular complexity index is 320. The van der Waals surface area contributed by atoms with Crippen molar-refractivity contribution >= 4 is 17.3 Å². The van der Waals surface area contributed by atoms with Crippen molar-refractivity contribution in [3.05, 3.63) is 16.1 Å². The Labute approximate surface area is 74.8 Å². The molecule has 1 aromatic rings. The summed E-state index contributed by atoms with van der Waals surface area (Å²) in [6.07, 6.45) is -5.52. The Morgan fingerprint density at radius 1 is 1.62 bits per heavy atom. The van der Waals surface area contributed by atoms with E-state index in [4.69, 9.17) is 5.11 Å². The SMILES string of the molecule is O=C(O)c1csc(CC(F)(F)F)n1. The van der Waals surface area contributed by atoms with Crippen LogP contribution >= 0.6 is 11.3 Å². The summed E-state index contributed by atoms with van der Waals surface area (Å²) in [5, 5.41) is 9.21. The molecule has 0 fully saturated rings. The van der Waals surface area contributed by atoms with Gasteiger partial charge in [0.2, 0.25) is 0 Å². The van der Waals surface area contributed by atoms with Gasteiger partial charge in [0.1, 0.15) is 5.01 Å². The molecular weight excluding hydrogens is 207 g/mol. The molecule has 0 saturated heterocycles. The molecule has 0 aliphatic heterocycles. The maximum atomic E-state index is 11.8. The fraction of sp³-hybridized carbons (Fsp3) is 0.333. The van der Waals surface area contributed by atoms with Crippen LogP contribution < -0.4 is 0 Å². The van der Waals surface area contributed by atoms with Gasteiger partial charge in [-0.3, -0.25) is 0 Å². The van der Waals surface area contributed by atoms with E-state index in [0.717, 1.165) is 5.38 Å². The Morgan fingerprint density at radius 3 is 2.62 bits per heavy atom. The molecule has 1 heterocycles. The lowest BCUT2D eigenvalue weighted by Gasteiger charge is -2.01. The lowest BCUT2D eigenvalue weighted by atomic mass is 10.4. The Hall–Kier alpha value is -1.11. The molecule has 0 aliphatic rings. The predicted molar refractivity (Wildman–Crippen MR) is 38.8 cm³/mol. The highest BCUT2D eigenvalue weighted by Crippen LogP contribution is 2.23. The number of carboxylic acid groups (broad SMARTS) is 1. The van der Waals surface area contributed by atoms with Crippen LogP contribution in [0.15, 0.2) is 5.38 Å². The smallest absolute Gasteiger partial charge is 0.395 e. The minimum absolute atomic E-state index is 0.232. The van der Waals surface area contributed by atoms with Gasteiger partial charge in [0.05, 0.1) is 6.42 Å². The van der Waals surface area contributed by atoms with E-state index >= 15 is 0 Å². The van der Waals surface area contributed by atoms with Gasteiger partial charge in [-0.2, -0.15) is 13.2 Å². The molecule has 0 bridgehead atoms. The monoisotopic (exact) mass is 211 g/mol. The largest absolute Gasteiger partial charge is 0.476 e. The number of alkyl halides is 3. The number of rotatable bonds is 2. The van der Waals surface area contributed by atoms with Crippen molar-refractivity contribution in [2.75, 3.05) is 0 Å². The first-order chi connectivity index (χ1) is 5.88. The zero-order chi connectivity index (χ0) is 10.1. The zero-order valence-electron chi connectivity index (χ0n) is 6.13. The average Bonchev–Trinajstić information content (AvgIpc) is 2.31. The Kier molecular flexibility index (Phi) is 2.55. The molecular formula is C6H4F3NO2S. The summed E-state index contributed by atoms with van der Waals surface area (Å²) >= 11 is 0.693. The molecule has 72 valence electrons. The lowest BCUT2D eigenvalue weighted by molar-refractivity contribution is -0.127. The summed E-state index contributed by atoms with van der Waals surface area (Å²) in [7, 11) is 0. The summed E-state index contributed by atoms with van der Waals surface area (Å²) in [5.41, 5.74) is -0.343. The third-order valence-corrected chi connectivity index (χ3v) is 1.97. The van der Waals surface area contributed by atoms with E-state index < -0.39 is 18.6 Å². The van der Waals surface area contributed by atoms with E-state index in [1.165, 1.54) is 0 Å². The van der Waals surface area contributed by atoms with E-state index in [1.807, 2.05) is 0 Å². The minimum Gasteiger partial charge on any atom is -0.476 e. The molecule has 0 unspecified atom stereocenters. The van der Waals surface area contributed by atoms with E-state index in [2.05, 4.69) is 4.98 Å². The third-order valence-electron chi connectivity index (χ3n) is 1.12. The van der Waals surface area contributed by atoms with Gasteiger partial charge in [-0.25, -0.2) is 9.78 Å². The summed E-state index contributed by atoms with van der Waals surface area (Å²) in [5.74, 6) is -1.32. The molecule has 0 radical (unpaired) electrons. The zero-order valence-corrected chi connectivity index (χ0v) is 6.95. The topological polar surface area (TPSA) is 50.2 Å². The summed E-state index contributed by atoms with van der Waals surface area (Å²) in [4.78, 5) is 13.5. The molecule has 3 nitrogen and oxygen atoms in total. The minimum atomic E-state index is -4.34. The van der Waals surface area contributed by atoms with Gasteiger partial charge in [-0.1, -0.05) is 0 Å². The van der Waals surface area contributed by atoms with Crippen molar-refractivity contribution in [3.63, 3.8) is 0 Å². The first kappa shape index (κ1) is 9.97. The number of aromatic nitrogens is 1. The van der Waals surface area contributed by atoms with E-state index in [-0.39, 0.29) is 10.7 Å². The van der Waals surface area contributed by atoms with Crippen molar-refractivity contribution in [2.45, 2.75) is 12.6 Å². The summed E-state index contributed by atoms with van der Waals surface area (Å²) in [6, 6.07) is 0. The highest BCUT2D eigenvalue weighted by Gasteiger charge is 2.29. The van der Waals surface area contributed by atoms with Gasteiger partial charge in [-0.05, 0) is 0 Å². The molecule has 0 amide bonds. The molecule has 1 aromatic heterocycles. The van der Waals surface area contributed by atoms with Crippen molar-refractivity contribution in [1.29, 1.82) is 0 Å². The normalized spacial score (nSPS) is 11.6. The first-order valence-corrected chi connectivity index (χ1v) is 4.01. The quantitative estimate of drug-likeness (QED) is 0.813. The van der Waals surface area contributed by atoms with Crippen LogP contribution in [0.1, 0.15) is 15.5 Å². The Morgan fingerprint density at radius 2 is 2.23 bits per heavy atom. The number of hydrogen-bond donors (Lipinski definition) is 1. The van der Waals surface area contributed by atoms with E-state index in [9.17, 15) is 18.0 Å². The average molecular weight is 211 g/mol. The number of carboxylic acids is 1. The molecule has 13 heavy (non-hydrogen) atoms. The number of nitrogens with zero attached hydrogens (tertiary/aromatic N) is 1. The molecule has 7 heteroatoms. The molecule has 0 saturated carbocycles. The second-order valence-corrected chi connectivity index (χ2v) is 3.17. The number of thiazole rings is 1. The standard InChI is InChI=1S/C6H4F3NO2S/c7-6(8,9)1-4-10-3(2-13-4)5(11)12/h2H,1H2,(H,11,12). The van der Waals surface area contributed by atoms with Crippen LogP contribution in [-0.2, 0) is 6.42 Å². The maximum absolute atomic E-state index is 11.8. The Balaban J connectivity index is 2.75. The van der Waals surface area contributed by atoms with Gasteiger partial charge in [0.25, 0.3) is 0 Å². The van der Waals surface area contributed by atoms with Gasteiger partial charge >= 0.3 is 12.1 Å². The van der Waals surface area contributed by atoms with Crippen LogP contribution in [-0.4, -0.2) is 22.2 Å². The van der Waals surface area contributed by atoms with Crippen LogP contribution in [0.25, 0.3) is 0 Å². The number of halogens is 3. The highest BCUT2D eigenvalue weighted by molar-refractivity contribution is 7.09. The second kappa shape index (κ2) is 3.33. The van der Waals surface area contributed by atoms with E-state index in [0.29, 0.717) is 11.3 Å². The molecule has 0 atom stereocenters. The number of carbonyl (C=O) groups is 1. The van der Waals surface area contributed by atoms with Crippen molar-refractivity contribution in [1.82, 2.24) is 4.98 Å². The van der Waals surface area contributed by atoms with Gasteiger partial charge in [0, 0.05) is 5.38 Å². The van der Waals surface area contributed by atoms with Gasteiger partial charge < -0.3 is 5.11 Å². The molecule has 1 N–H and O–H groups in total. The maximum Gasteiger partial charge on any atom is 0.395 e. The second-order valence-electron chi connectivity index (χ2n) is 2.22. The van der Waals surface area contributed by atoms with Crippen LogP contribution in [0, 0.1) is 0 Å². The van der Waals surface area contributed by atoms with Crippen molar-refractivity contribution in [2.24, 2.45) is 0 Å². The molecule has 0 aliphatic carbocycles. The van der Waals surface area contributed by atoms with E-state index in [1.54, 1.807) is 0 Å². The van der Waals surface area contributed by atoms with Crippen LogP contribution in [0.4, 0.5) is 13.2 Å². The third kappa shape index (κ3) is 3.02. The van der Waals surface area contributed by atoms with Gasteiger partial charge in [0.15, 0.2) is 5.69 Å². The van der Waals surface area contributed by atoms with Crippen molar-refractivity contribution < 1.29 is 23.1 Å². The van der Waals surface area contributed by atoms with Crippen LogP contribution in [0.5, 0.6) is 0 Å². The predicted octanol–water partition coefficient (Wildman–Crippen LogP) is 1.95. The highest BCUT2D eigenvalue weighted by atomic mass is 32.1. The fourth-order valence-electron chi connectivity index (χ4n) is 0.662. The van der Waals surface area contributed by atoms with Crippen LogP contribution in [0.2, 0.25) is 0 Å². The van der Waals surface area contributed by atoms with Gasteiger partial charge in [-0.15, -0.1) is 11.3 Å². The summed E-state index contributed by atoms with van der Waals surface area (Å²) < 4.78 is 35.3. The molecule has 1 rings (SSSR count). The molecule has 0 spiro atoms. The van der Waals surface area contributed by atoms with Crippen molar-refractivity contribution in [3.8, 4) is 0 Å². The number of hydrogen-bond acceptors (Lipinski definition) is 3. The fourth-order valence-corrected chi connectivity index (χ4v) is 1.46. The number of aromatic carboxylic acids is 1. The summed E-state index contributed by atoms with van der Waals surface area (Å²) in [6.45, 7) is 0. The first-order valence-electron chi connectivity index (χ1n) is 3.13.